The van der Waals surface area contributed by atoms with Crippen molar-refractivity contribution in [3.63, 3.8) is 0 Å². The molecule has 3 nitrogen and oxygen atoms in total. The molecule has 0 spiro atoms. The normalized spacial score (nSPS) is 12.6. The van der Waals surface area contributed by atoms with Gasteiger partial charge in [0.1, 0.15) is 10.0 Å². The van der Waals surface area contributed by atoms with Gasteiger partial charge in [-0.2, -0.15) is 0 Å². The third-order valence-corrected chi connectivity index (χ3v) is 6.20. The Labute approximate surface area is 132 Å². The van der Waals surface area contributed by atoms with E-state index in [-0.39, 0.29) is 10.0 Å². The molecule has 0 atom stereocenters. The van der Waals surface area contributed by atoms with Crippen molar-refractivity contribution in [2.75, 3.05) is 0 Å². The first-order valence-electron chi connectivity index (χ1n) is 6.22. The average Bonchev–Trinajstić information content (AvgIpc) is 2.78. The Morgan fingerprint density at radius 2 is 1.81 bits per heavy atom. The summed E-state index contributed by atoms with van der Waals surface area (Å²) in [5, 5.41) is 0. The molecule has 1 aromatic heterocycles. The van der Waals surface area contributed by atoms with Crippen molar-refractivity contribution in [3.8, 4) is 0 Å². The lowest BCUT2D eigenvalue weighted by atomic mass is 9.96. The van der Waals surface area contributed by atoms with Gasteiger partial charge in [-0.3, -0.25) is 0 Å². The van der Waals surface area contributed by atoms with Gasteiger partial charge in [-0.25, -0.2) is 17.5 Å². The maximum Gasteiger partial charge on any atom is 0.250 e. The van der Waals surface area contributed by atoms with Gasteiger partial charge in [0.2, 0.25) is 0 Å². The van der Waals surface area contributed by atoms with Crippen LogP contribution in [0.2, 0.25) is 4.34 Å². The molecule has 21 heavy (non-hydrogen) atoms. The Hall–Kier alpha value is -0.950. The topological polar surface area (TPSA) is 46.2 Å². The van der Waals surface area contributed by atoms with Gasteiger partial charge in [0.05, 0.1) is 4.34 Å². The molecule has 0 fully saturated rings. The molecule has 0 radical (unpaired) electrons. The predicted octanol–water partition coefficient (Wildman–Crippen LogP) is 3.84. The standard InChI is InChI=1S/C14H15ClFNO2S2/c1-14(2,9-10-3-5-11(16)6-4-10)17-21(18,19)13-8-7-12(15)20-13/h3-8,17H,9H2,1-2H3. The van der Waals surface area contributed by atoms with Crippen LogP contribution < -0.4 is 4.72 Å². The van der Waals surface area contributed by atoms with Crippen LogP contribution in [-0.4, -0.2) is 14.0 Å². The fourth-order valence-electron chi connectivity index (χ4n) is 2.00. The molecule has 0 aliphatic rings. The van der Waals surface area contributed by atoms with E-state index in [1.165, 1.54) is 18.2 Å². The molecule has 2 aromatic rings. The fourth-order valence-corrected chi connectivity index (χ4v) is 4.90. The summed E-state index contributed by atoms with van der Waals surface area (Å²) >= 11 is 6.78. The van der Waals surface area contributed by atoms with Crippen molar-refractivity contribution >= 4 is 33.0 Å². The summed E-state index contributed by atoms with van der Waals surface area (Å²) < 4.78 is 40.7. The summed E-state index contributed by atoms with van der Waals surface area (Å²) in [4.78, 5) is 0. The molecular formula is C14H15ClFNO2S2. The van der Waals surface area contributed by atoms with Crippen molar-refractivity contribution < 1.29 is 12.8 Å². The van der Waals surface area contributed by atoms with Gasteiger partial charge in [-0.15, -0.1) is 11.3 Å². The third-order valence-electron chi connectivity index (χ3n) is 2.78. The lowest BCUT2D eigenvalue weighted by molar-refractivity contribution is 0.451. The van der Waals surface area contributed by atoms with Crippen LogP contribution in [0.3, 0.4) is 0 Å². The van der Waals surface area contributed by atoms with Crippen molar-refractivity contribution in [2.24, 2.45) is 0 Å². The molecule has 7 heteroatoms. The van der Waals surface area contributed by atoms with E-state index < -0.39 is 15.6 Å². The van der Waals surface area contributed by atoms with Crippen molar-refractivity contribution in [3.05, 3.63) is 52.1 Å². The highest BCUT2D eigenvalue weighted by Gasteiger charge is 2.27. The monoisotopic (exact) mass is 347 g/mol. The molecule has 114 valence electrons. The van der Waals surface area contributed by atoms with Crippen LogP contribution in [0.25, 0.3) is 0 Å². The number of halogens is 2. The van der Waals surface area contributed by atoms with Crippen LogP contribution in [-0.2, 0) is 16.4 Å². The van der Waals surface area contributed by atoms with Gasteiger partial charge in [-0.1, -0.05) is 23.7 Å². The van der Waals surface area contributed by atoms with Crippen LogP contribution in [0.1, 0.15) is 19.4 Å². The number of hydrogen-bond donors (Lipinski definition) is 1. The Balaban J connectivity index is 2.15. The largest absolute Gasteiger partial charge is 0.250 e. The minimum absolute atomic E-state index is 0.180. The molecule has 0 bridgehead atoms. The molecule has 0 aliphatic carbocycles. The highest BCUT2D eigenvalue weighted by Crippen LogP contribution is 2.27. The highest BCUT2D eigenvalue weighted by molar-refractivity contribution is 7.91. The van der Waals surface area contributed by atoms with Crippen molar-refractivity contribution in [1.82, 2.24) is 4.72 Å². The molecule has 0 amide bonds. The molecule has 1 heterocycles. The Morgan fingerprint density at radius 1 is 1.19 bits per heavy atom. The maximum atomic E-state index is 12.9. The van der Waals surface area contributed by atoms with Gasteiger partial charge in [0, 0.05) is 5.54 Å². The second-order valence-electron chi connectivity index (χ2n) is 5.35. The molecule has 0 unspecified atom stereocenters. The van der Waals surface area contributed by atoms with Crippen LogP contribution in [0.15, 0.2) is 40.6 Å². The van der Waals surface area contributed by atoms with E-state index in [1.807, 2.05) is 0 Å². The van der Waals surface area contributed by atoms with E-state index in [0.29, 0.717) is 10.8 Å². The van der Waals surface area contributed by atoms with E-state index in [9.17, 15) is 12.8 Å². The minimum Gasteiger partial charge on any atom is -0.207 e. The van der Waals surface area contributed by atoms with Crippen LogP contribution >= 0.6 is 22.9 Å². The first kappa shape index (κ1) is 16.4. The fraction of sp³-hybridized carbons (Fsp3) is 0.286. The first-order valence-corrected chi connectivity index (χ1v) is 8.89. The number of nitrogens with one attached hydrogen (secondary N) is 1. The van der Waals surface area contributed by atoms with Gasteiger partial charge < -0.3 is 0 Å². The molecule has 0 saturated heterocycles. The van der Waals surface area contributed by atoms with Crippen LogP contribution in [0.4, 0.5) is 4.39 Å². The van der Waals surface area contributed by atoms with Crippen molar-refractivity contribution in [2.45, 2.75) is 30.0 Å². The summed E-state index contributed by atoms with van der Waals surface area (Å²) in [5.74, 6) is -0.314. The van der Waals surface area contributed by atoms with E-state index in [2.05, 4.69) is 4.72 Å². The SMILES string of the molecule is CC(C)(Cc1ccc(F)cc1)NS(=O)(=O)c1ccc(Cl)s1. The molecule has 1 N–H and O–H groups in total. The van der Waals surface area contributed by atoms with E-state index in [1.54, 1.807) is 32.0 Å². The maximum absolute atomic E-state index is 12.9. The molecule has 0 aliphatic heterocycles. The Kier molecular flexibility index (Phi) is 4.72. The lowest BCUT2D eigenvalue weighted by Gasteiger charge is -2.25. The summed E-state index contributed by atoms with van der Waals surface area (Å²) in [6.07, 6.45) is 0.450. The van der Waals surface area contributed by atoms with Gasteiger partial charge in [0.15, 0.2) is 0 Å². The molecule has 2 rings (SSSR count). The predicted molar refractivity (Wildman–Crippen MR) is 83.8 cm³/mol. The zero-order valence-electron chi connectivity index (χ0n) is 11.6. The zero-order valence-corrected chi connectivity index (χ0v) is 13.9. The smallest absolute Gasteiger partial charge is 0.207 e. The number of rotatable bonds is 5. The number of benzene rings is 1. The second-order valence-corrected chi connectivity index (χ2v) is 8.98. The number of sulfonamides is 1. The van der Waals surface area contributed by atoms with Crippen molar-refractivity contribution in [1.29, 1.82) is 0 Å². The summed E-state index contributed by atoms with van der Waals surface area (Å²) in [6, 6.07) is 9.04. The summed E-state index contributed by atoms with van der Waals surface area (Å²) in [7, 11) is -3.62. The number of thiophene rings is 1. The highest BCUT2D eigenvalue weighted by atomic mass is 35.5. The summed E-state index contributed by atoms with van der Waals surface area (Å²) in [5.41, 5.74) is 0.154. The average molecular weight is 348 g/mol. The third kappa shape index (κ3) is 4.51. The number of hydrogen-bond acceptors (Lipinski definition) is 3. The van der Waals surface area contributed by atoms with E-state index in [0.717, 1.165) is 16.9 Å². The Bertz CT molecular complexity index is 724. The van der Waals surface area contributed by atoms with E-state index in [4.69, 9.17) is 11.6 Å². The second kappa shape index (κ2) is 6.04. The van der Waals surface area contributed by atoms with E-state index >= 15 is 0 Å². The zero-order chi connectivity index (χ0) is 15.7. The van der Waals surface area contributed by atoms with Gasteiger partial charge in [0.25, 0.3) is 10.0 Å². The van der Waals surface area contributed by atoms with Gasteiger partial charge >= 0.3 is 0 Å². The molecule has 0 saturated carbocycles. The van der Waals surface area contributed by atoms with Crippen LogP contribution in [0.5, 0.6) is 0 Å². The quantitative estimate of drug-likeness (QED) is 0.893. The molecule has 1 aromatic carbocycles. The first-order chi connectivity index (χ1) is 9.68. The van der Waals surface area contributed by atoms with Crippen LogP contribution in [0, 0.1) is 5.82 Å². The minimum atomic E-state index is -3.62. The molecular weight excluding hydrogens is 333 g/mol. The lowest BCUT2D eigenvalue weighted by Crippen LogP contribution is -2.44. The Morgan fingerprint density at radius 3 is 2.33 bits per heavy atom. The van der Waals surface area contributed by atoms with Gasteiger partial charge in [-0.05, 0) is 50.1 Å². The summed E-state index contributed by atoms with van der Waals surface area (Å²) in [6.45, 7) is 3.56.